The molecular formula is C10H21N3O. The van der Waals surface area contributed by atoms with E-state index >= 15 is 0 Å². The second kappa shape index (κ2) is 5.07. The molecule has 0 radical (unpaired) electrons. The molecule has 0 amide bonds. The maximum atomic E-state index is 5.44. The van der Waals surface area contributed by atoms with Gasteiger partial charge in [-0.1, -0.05) is 0 Å². The maximum Gasteiger partial charge on any atom is 0.0594 e. The van der Waals surface area contributed by atoms with Gasteiger partial charge in [0.1, 0.15) is 0 Å². The van der Waals surface area contributed by atoms with Gasteiger partial charge in [-0.15, -0.1) is 0 Å². The van der Waals surface area contributed by atoms with Crippen molar-refractivity contribution in [3.8, 4) is 0 Å². The number of hydrogen-bond donors (Lipinski definition) is 2. The van der Waals surface area contributed by atoms with E-state index in [0.717, 1.165) is 32.3 Å². The van der Waals surface area contributed by atoms with E-state index in [4.69, 9.17) is 10.6 Å². The predicted octanol–water partition coefficient (Wildman–Crippen LogP) is 0.0931. The Balaban J connectivity index is 1.76. The summed E-state index contributed by atoms with van der Waals surface area (Å²) in [6.45, 7) is 4.06. The first-order valence-electron chi connectivity index (χ1n) is 5.68. The van der Waals surface area contributed by atoms with Crippen LogP contribution in [0, 0.1) is 0 Å². The zero-order chi connectivity index (χ0) is 9.80. The van der Waals surface area contributed by atoms with Crippen molar-refractivity contribution in [2.45, 2.75) is 37.8 Å². The minimum absolute atomic E-state index is 0.548. The molecular weight excluding hydrogens is 178 g/mol. The van der Waals surface area contributed by atoms with Crippen molar-refractivity contribution in [2.24, 2.45) is 5.84 Å². The molecule has 0 aromatic rings. The average Bonchev–Trinajstić information content (AvgIpc) is 2.30. The molecule has 1 aliphatic heterocycles. The summed E-state index contributed by atoms with van der Waals surface area (Å²) >= 11 is 0. The van der Waals surface area contributed by atoms with E-state index < -0.39 is 0 Å². The van der Waals surface area contributed by atoms with Gasteiger partial charge < -0.3 is 4.74 Å². The molecule has 14 heavy (non-hydrogen) atoms. The van der Waals surface area contributed by atoms with Crippen LogP contribution < -0.4 is 11.3 Å². The molecule has 0 bridgehead atoms. The van der Waals surface area contributed by atoms with Gasteiger partial charge in [0.15, 0.2) is 0 Å². The SMILES string of the molecule is NNC1CCC(N2CCOCC2)CC1. The second-order valence-corrected chi connectivity index (χ2v) is 4.32. The summed E-state index contributed by atoms with van der Waals surface area (Å²) in [4.78, 5) is 2.58. The number of nitrogens with zero attached hydrogens (tertiary/aromatic N) is 1. The number of hydrogen-bond acceptors (Lipinski definition) is 4. The van der Waals surface area contributed by atoms with Crippen molar-refractivity contribution in [3.05, 3.63) is 0 Å². The lowest BCUT2D eigenvalue weighted by Gasteiger charge is -2.38. The summed E-state index contributed by atoms with van der Waals surface area (Å²) in [6, 6.07) is 1.33. The largest absolute Gasteiger partial charge is 0.379 e. The van der Waals surface area contributed by atoms with E-state index in [0.29, 0.717) is 6.04 Å². The monoisotopic (exact) mass is 199 g/mol. The van der Waals surface area contributed by atoms with E-state index in [1.54, 1.807) is 0 Å². The number of nitrogens with two attached hydrogens (primary N) is 1. The molecule has 1 saturated carbocycles. The lowest BCUT2D eigenvalue weighted by atomic mass is 9.90. The summed E-state index contributed by atoms with van der Waals surface area (Å²) in [5, 5.41) is 0. The minimum Gasteiger partial charge on any atom is -0.379 e. The molecule has 82 valence electrons. The van der Waals surface area contributed by atoms with Crippen molar-refractivity contribution in [1.29, 1.82) is 0 Å². The molecule has 0 unspecified atom stereocenters. The molecule has 4 heteroatoms. The zero-order valence-electron chi connectivity index (χ0n) is 8.74. The van der Waals surface area contributed by atoms with E-state index in [9.17, 15) is 0 Å². The zero-order valence-corrected chi connectivity index (χ0v) is 8.74. The third-order valence-electron chi connectivity index (χ3n) is 3.49. The fourth-order valence-electron chi connectivity index (χ4n) is 2.55. The van der Waals surface area contributed by atoms with Crippen LogP contribution in [-0.4, -0.2) is 43.3 Å². The smallest absolute Gasteiger partial charge is 0.0594 e. The standard InChI is InChI=1S/C10H21N3O/c11-12-9-1-3-10(4-2-9)13-5-7-14-8-6-13/h9-10,12H,1-8,11H2. The quantitative estimate of drug-likeness (QED) is 0.489. The van der Waals surface area contributed by atoms with Crippen LogP contribution in [0.4, 0.5) is 0 Å². The maximum absolute atomic E-state index is 5.44. The van der Waals surface area contributed by atoms with E-state index in [2.05, 4.69) is 10.3 Å². The lowest BCUT2D eigenvalue weighted by Crippen LogP contribution is -2.48. The van der Waals surface area contributed by atoms with Crippen LogP contribution in [0.3, 0.4) is 0 Å². The van der Waals surface area contributed by atoms with Crippen molar-refractivity contribution in [1.82, 2.24) is 10.3 Å². The van der Waals surface area contributed by atoms with Crippen LogP contribution in [0.1, 0.15) is 25.7 Å². The Kier molecular flexibility index (Phi) is 3.75. The molecule has 0 aromatic heterocycles. The van der Waals surface area contributed by atoms with Crippen molar-refractivity contribution in [2.75, 3.05) is 26.3 Å². The minimum atomic E-state index is 0.548. The van der Waals surface area contributed by atoms with Crippen LogP contribution in [0.5, 0.6) is 0 Å². The van der Waals surface area contributed by atoms with Gasteiger partial charge in [-0.3, -0.25) is 16.2 Å². The van der Waals surface area contributed by atoms with E-state index in [1.807, 2.05) is 0 Å². The van der Waals surface area contributed by atoms with Gasteiger partial charge in [-0.2, -0.15) is 0 Å². The Bertz CT molecular complexity index is 163. The molecule has 0 aromatic carbocycles. The Morgan fingerprint density at radius 2 is 1.71 bits per heavy atom. The fraction of sp³-hybridized carbons (Fsp3) is 1.00. The normalized spacial score (nSPS) is 35.8. The summed E-state index contributed by atoms with van der Waals surface area (Å²) < 4.78 is 5.36. The first kappa shape index (κ1) is 10.4. The van der Waals surface area contributed by atoms with Crippen LogP contribution in [0.25, 0.3) is 0 Å². The van der Waals surface area contributed by atoms with Crippen LogP contribution in [0.15, 0.2) is 0 Å². The second-order valence-electron chi connectivity index (χ2n) is 4.32. The van der Waals surface area contributed by atoms with Crippen molar-refractivity contribution >= 4 is 0 Å². The molecule has 2 rings (SSSR count). The Morgan fingerprint density at radius 3 is 2.29 bits per heavy atom. The highest BCUT2D eigenvalue weighted by atomic mass is 16.5. The van der Waals surface area contributed by atoms with Gasteiger partial charge in [0.2, 0.25) is 0 Å². The topological polar surface area (TPSA) is 50.5 Å². The van der Waals surface area contributed by atoms with Crippen LogP contribution in [0.2, 0.25) is 0 Å². The molecule has 4 nitrogen and oxygen atoms in total. The van der Waals surface area contributed by atoms with Crippen LogP contribution in [-0.2, 0) is 4.74 Å². The van der Waals surface area contributed by atoms with Crippen LogP contribution >= 0.6 is 0 Å². The molecule has 1 heterocycles. The number of nitrogens with one attached hydrogen (secondary N) is 1. The summed E-state index contributed by atoms with van der Waals surface area (Å²) in [6.07, 6.45) is 5.01. The number of rotatable bonds is 2. The van der Waals surface area contributed by atoms with E-state index in [1.165, 1.54) is 25.7 Å². The third kappa shape index (κ3) is 2.45. The van der Waals surface area contributed by atoms with Gasteiger partial charge in [-0.25, -0.2) is 0 Å². The number of ether oxygens (including phenoxy) is 1. The van der Waals surface area contributed by atoms with Gasteiger partial charge >= 0.3 is 0 Å². The highest BCUT2D eigenvalue weighted by Crippen LogP contribution is 2.23. The van der Waals surface area contributed by atoms with Gasteiger partial charge in [-0.05, 0) is 25.7 Å². The fourth-order valence-corrected chi connectivity index (χ4v) is 2.55. The predicted molar refractivity (Wildman–Crippen MR) is 55.8 cm³/mol. The first-order valence-corrected chi connectivity index (χ1v) is 5.68. The van der Waals surface area contributed by atoms with Crippen molar-refractivity contribution in [3.63, 3.8) is 0 Å². The van der Waals surface area contributed by atoms with Gasteiger partial charge in [0.25, 0.3) is 0 Å². The molecule has 2 fully saturated rings. The average molecular weight is 199 g/mol. The molecule has 0 atom stereocenters. The molecule has 1 saturated heterocycles. The summed E-state index contributed by atoms with van der Waals surface area (Å²) in [7, 11) is 0. The van der Waals surface area contributed by atoms with Crippen molar-refractivity contribution < 1.29 is 4.74 Å². The van der Waals surface area contributed by atoms with E-state index in [-0.39, 0.29) is 0 Å². The molecule has 2 aliphatic rings. The molecule has 3 N–H and O–H groups in total. The summed E-state index contributed by atoms with van der Waals surface area (Å²) in [5.74, 6) is 5.44. The summed E-state index contributed by atoms with van der Waals surface area (Å²) in [5.41, 5.74) is 2.88. The molecule has 1 aliphatic carbocycles. The third-order valence-corrected chi connectivity index (χ3v) is 3.49. The Labute approximate surface area is 85.7 Å². The lowest BCUT2D eigenvalue weighted by molar-refractivity contribution is 0.00657. The first-order chi connectivity index (χ1) is 6.90. The highest BCUT2D eigenvalue weighted by Gasteiger charge is 2.26. The van der Waals surface area contributed by atoms with Gasteiger partial charge in [0.05, 0.1) is 13.2 Å². The number of morpholine rings is 1. The highest BCUT2D eigenvalue weighted by molar-refractivity contribution is 4.82. The Hall–Kier alpha value is -0.160. The molecule has 0 spiro atoms. The number of hydrazine groups is 1. The Morgan fingerprint density at radius 1 is 1.07 bits per heavy atom. The van der Waals surface area contributed by atoms with Gasteiger partial charge in [0, 0.05) is 25.2 Å².